The van der Waals surface area contributed by atoms with Crippen LogP contribution in [0.1, 0.15) is 40.0 Å². The Morgan fingerprint density at radius 2 is 2.19 bits per heavy atom. The maximum Gasteiger partial charge on any atom is 0.323 e. The van der Waals surface area contributed by atoms with Crippen LogP contribution in [0.15, 0.2) is 0 Å². The fourth-order valence-corrected chi connectivity index (χ4v) is 1.93. The first-order valence-corrected chi connectivity index (χ1v) is 5.84. The van der Waals surface area contributed by atoms with E-state index in [9.17, 15) is 4.79 Å². The normalized spacial score (nSPS) is 22.5. The van der Waals surface area contributed by atoms with E-state index in [-0.39, 0.29) is 12.0 Å². The number of carbonyl (C=O) groups excluding carboxylic acids is 1. The first-order valence-electron chi connectivity index (χ1n) is 5.84. The van der Waals surface area contributed by atoms with Crippen LogP contribution >= 0.6 is 0 Å². The summed E-state index contributed by atoms with van der Waals surface area (Å²) >= 11 is 0. The van der Waals surface area contributed by atoms with Gasteiger partial charge in [0.2, 0.25) is 0 Å². The summed E-state index contributed by atoms with van der Waals surface area (Å²) in [5.41, 5.74) is -0.420. The van der Waals surface area contributed by atoms with Gasteiger partial charge in [-0.1, -0.05) is 12.3 Å². The molecular formula is C13H21NO2. The van der Waals surface area contributed by atoms with Crippen molar-refractivity contribution in [1.29, 1.82) is 0 Å². The third-order valence-corrected chi connectivity index (χ3v) is 2.59. The van der Waals surface area contributed by atoms with Crippen molar-refractivity contribution < 1.29 is 9.53 Å². The van der Waals surface area contributed by atoms with Gasteiger partial charge in [0.25, 0.3) is 0 Å². The molecule has 1 saturated heterocycles. The summed E-state index contributed by atoms with van der Waals surface area (Å²) < 4.78 is 5.40. The number of hydrogen-bond acceptors (Lipinski definition) is 3. The van der Waals surface area contributed by atoms with E-state index in [2.05, 4.69) is 5.92 Å². The van der Waals surface area contributed by atoms with E-state index in [1.54, 1.807) is 0 Å². The van der Waals surface area contributed by atoms with Crippen LogP contribution in [0.5, 0.6) is 0 Å². The third-order valence-electron chi connectivity index (χ3n) is 2.59. The molecule has 1 unspecified atom stereocenters. The molecular weight excluding hydrogens is 202 g/mol. The number of hydrogen-bond donors (Lipinski definition) is 0. The Balaban J connectivity index is 2.61. The molecule has 0 radical (unpaired) electrons. The number of terminal acetylenes is 1. The first-order chi connectivity index (χ1) is 7.44. The van der Waals surface area contributed by atoms with E-state index >= 15 is 0 Å². The van der Waals surface area contributed by atoms with Crippen molar-refractivity contribution in [3.63, 3.8) is 0 Å². The van der Waals surface area contributed by atoms with Gasteiger partial charge in [-0.3, -0.25) is 9.69 Å². The van der Waals surface area contributed by atoms with E-state index < -0.39 is 5.60 Å². The van der Waals surface area contributed by atoms with E-state index in [0.29, 0.717) is 6.54 Å². The van der Waals surface area contributed by atoms with Crippen LogP contribution in [0.2, 0.25) is 0 Å². The highest BCUT2D eigenvalue weighted by atomic mass is 16.6. The zero-order chi connectivity index (χ0) is 12.2. The van der Waals surface area contributed by atoms with Crippen LogP contribution in [0.3, 0.4) is 0 Å². The predicted octanol–water partition coefficient (Wildman–Crippen LogP) is 1.82. The molecule has 1 atom stereocenters. The highest BCUT2D eigenvalue weighted by Gasteiger charge is 2.31. The van der Waals surface area contributed by atoms with Crippen LogP contribution in [0.25, 0.3) is 0 Å². The zero-order valence-corrected chi connectivity index (χ0v) is 10.5. The molecule has 0 spiro atoms. The maximum absolute atomic E-state index is 12.0. The fraction of sp³-hybridized carbons (Fsp3) is 0.769. The van der Waals surface area contributed by atoms with E-state index in [4.69, 9.17) is 11.2 Å². The number of esters is 1. The largest absolute Gasteiger partial charge is 0.459 e. The highest BCUT2D eigenvalue weighted by molar-refractivity contribution is 5.76. The molecule has 90 valence electrons. The van der Waals surface area contributed by atoms with Gasteiger partial charge in [0.15, 0.2) is 0 Å². The molecule has 16 heavy (non-hydrogen) atoms. The van der Waals surface area contributed by atoms with Gasteiger partial charge in [-0.05, 0) is 40.2 Å². The standard InChI is InChI=1S/C13H21NO2/c1-5-9-14-10-7-6-8-11(14)12(15)16-13(2,3)4/h1,11H,6-10H2,2-4H3. The van der Waals surface area contributed by atoms with Crippen molar-refractivity contribution in [2.75, 3.05) is 13.1 Å². The summed E-state index contributed by atoms with van der Waals surface area (Å²) in [4.78, 5) is 14.0. The predicted molar refractivity (Wildman–Crippen MR) is 63.9 cm³/mol. The molecule has 1 aliphatic heterocycles. The number of nitrogens with zero attached hydrogens (tertiary/aromatic N) is 1. The number of piperidine rings is 1. The van der Waals surface area contributed by atoms with Gasteiger partial charge >= 0.3 is 5.97 Å². The number of ether oxygens (including phenoxy) is 1. The average molecular weight is 223 g/mol. The molecule has 1 fully saturated rings. The molecule has 0 aliphatic carbocycles. The number of carbonyl (C=O) groups is 1. The summed E-state index contributed by atoms with van der Waals surface area (Å²) in [6.45, 7) is 7.09. The molecule has 0 aromatic heterocycles. The lowest BCUT2D eigenvalue weighted by Gasteiger charge is -2.34. The first kappa shape index (κ1) is 13.1. The summed E-state index contributed by atoms with van der Waals surface area (Å²) in [6, 6.07) is -0.149. The van der Waals surface area contributed by atoms with Crippen molar-refractivity contribution in [2.45, 2.75) is 51.7 Å². The Kier molecular flexibility index (Phi) is 4.37. The SMILES string of the molecule is C#CCN1CCCCC1C(=O)OC(C)(C)C. The van der Waals surface area contributed by atoms with Gasteiger partial charge in [-0.25, -0.2) is 0 Å². The molecule has 0 bridgehead atoms. The van der Waals surface area contributed by atoms with Crippen molar-refractivity contribution >= 4 is 5.97 Å². The van der Waals surface area contributed by atoms with Gasteiger partial charge in [0, 0.05) is 0 Å². The minimum Gasteiger partial charge on any atom is -0.459 e. The smallest absolute Gasteiger partial charge is 0.323 e. The summed E-state index contributed by atoms with van der Waals surface area (Å²) in [5, 5.41) is 0. The Morgan fingerprint density at radius 1 is 1.50 bits per heavy atom. The summed E-state index contributed by atoms with van der Waals surface area (Å²) in [5.74, 6) is 2.47. The van der Waals surface area contributed by atoms with E-state index in [1.807, 2.05) is 25.7 Å². The van der Waals surface area contributed by atoms with Crippen LogP contribution in [0.4, 0.5) is 0 Å². The van der Waals surface area contributed by atoms with Crippen molar-refractivity contribution in [3.8, 4) is 12.3 Å². The Morgan fingerprint density at radius 3 is 2.75 bits per heavy atom. The summed E-state index contributed by atoms with van der Waals surface area (Å²) in [7, 11) is 0. The van der Waals surface area contributed by atoms with Gasteiger partial charge in [-0.15, -0.1) is 6.42 Å². The lowest BCUT2D eigenvalue weighted by molar-refractivity contribution is -0.162. The quantitative estimate of drug-likeness (QED) is 0.528. The van der Waals surface area contributed by atoms with Crippen LogP contribution in [0, 0.1) is 12.3 Å². The van der Waals surface area contributed by atoms with Gasteiger partial charge in [0.05, 0.1) is 6.54 Å². The monoisotopic (exact) mass is 223 g/mol. The van der Waals surface area contributed by atoms with Crippen molar-refractivity contribution in [2.24, 2.45) is 0 Å². The Bertz CT molecular complexity index is 285. The van der Waals surface area contributed by atoms with E-state index in [0.717, 1.165) is 25.8 Å². The van der Waals surface area contributed by atoms with Gasteiger partial charge < -0.3 is 4.74 Å². The molecule has 0 amide bonds. The zero-order valence-electron chi connectivity index (χ0n) is 10.5. The van der Waals surface area contributed by atoms with Crippen molar-refractivity contribution in [1.82, 2.24) is 4.90 Å². The molecule has 1 aliphatic rings. The number of likely N-dealkylation sites (tertiary alicyclic amines) is 1. The van der Waals surface area contributed by atoms with Gasteiger partial charge in [0.1, 0.15) is 11.6 Å². The second-order valence-electron chi connectivity index (χ2n) is 5.22. The minimum atomic E-state index is -0.420. The van der Waals surface area contributed by atoms with Crippen LogP contribution in [-0.2, 0) is 9.53 Å². The average Bonchev–Trinajstić information content (AvgIpc) is 2.16. The lowest BCUT2D eigenvalue weighted by atomic mass is 10.0. The Hall–Kier alpha value is -1.01. The van der Waals surface area contributed by atoms with Crippen LogP contribution < -0.4 is 0 Å². The lowest BCUT2D eigenvalue weighted by Crippen LogP contribution is -2.47. The highest BCUT2D eigenvalue weighted by Crippen LogP contribution is 2.20. The molecule has 3 heteroatoms. The molecule has 1 rings (SSSR count). The molecule has 0 aromatic rings. The Labute approximate surface area is 98.1 Å². The maximum atomic E-state index is 12.0. The second-order valence-corrected chi connectivity index (χ2v) is 5.22. The second kappa shape index (κ2) is 5.36. The molecule has 0 N–H and O–H groups in total. The van der Waals surface area contributed by atoms with Crippen molar-refractivity contribution in [3.05, 3.63) is 0 Å². The minimum absolute atomic E-state index is 0.137. The number of rotatable bonds is 2. The molecule has 1 heterocycles. The summed E-state index contributed by atoms with van der Waals surface area (Å²) in [6.07, 6.45) is 8.35. The molecule has 3 nitrogen and oxygen atoms in total. The molecule has 0 aromatic carbocycles. The topological polar surface area (TPSA) is 29.5 Å². The van der Waals surface area contributed by atoms with Gasteiger partial charge in [-0.2, -0.15) is 0 Å². The fourth-order valence-electron chi connectivity index (χ4n) is 1.93. The molecule has 0 saturated carbocycles. The van der Waals surface area contributed by atoms with Crippen LogP contribution in [-0.4, -0.2) is 35.6 Å². The van der Waals surface area contributed by atoms with E-state index in [1.165, 1.54) is 0 Å². The third kappa shape index (κ3) is 3.86.